The molecule has 0 spiro atoms. The zero-order valence-corrected chi connectivity index (χ0v) is 9.48. The van der Waals surface area contributed by atoms with E-state index in [1.165, 1.54) is 6.07 Å². The summed E-state index contributed by atoms with van der Waals surface area (Å²) in [5.41, 5.74) is 2.10. The summed E-state index contributed by atoms with van der Waals surface area (Å²) in [6.07, 6.45) is 0. The molecule has 14 heavy (non-hydrogen) atoms. The molecule has 0 saturated carbocycles. The third-order valence-electron chi connectivity index (χ3n) is 2.04. The SMILES string of the molecule is Cc1cc(CS(=O)(=O)Cl)cc(O)c1C. The molecule has 0 heterocycles. The zero-order valence-electron chi connectivity index (χ0n) is 7.91. The Labute approximate surface area is 87.8 Å². The van der Waals surface area contributed by atoms with Gasteiger partial charge < -0.3 is 5.11 Å². The Morgan fingerprint density at radius 2 is 1.93 bits per heavy atom. The average Bonchev–Trinajstić information content (AvgIpc) is 1.96. The van der Waals surface area contributed by atoms with Crippen LogP contribution in [0.25, 0.3) is 0 Å². The smallest absolute Gasteiger partial charge is 0.236 e. The van der Waals surface area contributed by atoms with E-state index in [-0.39, 0.29) is 11.5 Å². The number of benzene rings is 1. The van der Waals surface area contributed by atoms with Gasteiger partial charge in [-0.15, -0.1) is 0 Å². The number of aryl methyl sites for hydroxylation is 1. The van der Waals surface area contributed by atoms with Crippen molar-refractivity contribution in [3.63, 3.8) is 0 Å². The zero-order chi connectivity index (χ0) is 10.9. The number of halogens is 1. The first kappa shape index (κ1) is 11.3. The Morgan fingerprint density at radius 3 is 2.36 bits per heavy atom. The van der Waals surface area contributed by atoms with Crippen LogP contribution in [0.15, 0.2) is 12.1 Å². The number of hydrogen-bond acceptors (Lipinski definition) is 3. The fraction of sp³-hybridized carbons (Fsp3) is 0.333. The van der Waals surface area contributed by atoms with Crippen LogP contribution in [0.3, 0.4) is 0 Å². The summed E-state index contributed by atoms with van der Waals surface area (Å²) in [6, 6.07) is 3.12. The summed E-state index contributed by atoms with van der Waals surface area (Å²) in [5, 5.41) is 9.44. The maximum Gasteiger partial charge on any atom is 0.236 e. The molecule has 1 aromatic carbocycles. The Balaban J connectivity index is 3.14. The maximum absolute atomic E-state index is 10.8. The van der Waals surface area contributed by atoms with Gasteiger partial charge >= 0.3 is 0 Å². The molecular formula is C9H11ClO3S. The first-order valence-electron chi connectivity index (χ1n) is 4.01. The van der Waals surface area contributed by atoms with Gasteiger partial charge in [-0.05, 0) is 36.6 Å². The summed E-state index contributed by atoms with van der Waals surface area (Å²) in [7, 11) is 1.54. The van der Waals surface area contributed by atoms with Crippen LogP contribution in [0, 0.1) is 13.8 Å². The van der Waals surface area contributed by atoms with E-state index in [2.05, 4.69) is 0 Å². The normalized spacial score (nSPS) is 11.6. The van der Waals surface area contributed by atoms with Crippen molar-refractivity contribution in [3.8, 4) is 5.75 Å². The van der Waals surface area contributed by atoms with Crippen LogP contribution >= 0.6 is 10.7 Å². The van der Waals surface area contributed by atoms with Crippen LogP contribution < -0.4 is 0 Å². The fourth-order valence-corrected chi connectivity index (χ4v) is 2.14. The molecule has 78 valence electrons. The number of phenolic OH excluding ortho intramolecular Hbond substituents is 1. The van der Waals surface area contributed by atoms with E-state index in [9.17, 15) is 13.5 Å². The van der Waals surface area contributed by atoms with Gasteiger partial charge in [0, 0.05) is 10.7 Å². The van der Waals surface area contributed by atoms with Crippen molar-refractivity contribution in [2.45, 2.75) is 19.6 Å². The van der Waals surface area contributed by atoms with E-state index in [1.807, 2.05) is 0 Å². The first-order valence-corrected chi connectivity index (χ1v) is 6.49. The van der Waals surface area contributed by atoms with Gasteiger partial charge in [0.25, 0.3) is 0 Å². The van der Waals surface area contributed by atoms with Gasteiger partial charge in [-0.3, -0.25) is 0 Å². The van der Waals surface area contributed by atoms with Crippen molar-refractivity contribution in [2.24, 2.45) is 0 Å². The maximum atomic E-state index is 10.8. The molecular weight excluding hydrogens is 224 g/mol. The van der Waals surface area contributed by atoms with Gasteiger partial charge in [-0.1, -0.05) is 6.07 Å². The lowest BCUT2D eigenvalue weighted by Gasteiger charge is -2.06. The molecule has 0 aliphatic rings. The number of aromatic hydroxyl groups is 1. The third kappa shape index (κ3) is 2.89. The molecule has 0 unspecified atom stereocenters. The van der Waals surface area contributed by atoms with Crippen LogP contribution in [0.5, 0.6) is 5.75 Å². The highest BCUT2D eigenvalue weighted by Crippen LogP contribution is 2.23. The van der Waals surface area contributed by atoms with E-state index >= 15 is 0 Å². The van der Waals surface area contributed by atoms with E-state index in [0.717, 1.165) is 11.1 Å². The minimum Gasteiger partial charge on any atom is -0.508 e. The van der Waals surface area contributed by atoms with E-state index < -0.39 is 9.05 Å². The summed E-state index contributed by atoms with van der Waals surface area (Å²) >= 11 is 0. The van der Waals surface area contributed by atoms with Crippen LogP contribution in [-0.4, -0.2) is 13.5 Å². The number of hydrogen-bond donors (Lipinski definition) is 1. The quantitative estimate of drug-likeness (QED) is 0.798. The molecule has 1 N–H and O–H groups in total. The average molecular weight is 235 g/mol. The lowest BCUT2D eigenvalue weighted by Crippen LogP contribution is -1.96. The van der Waals surface area contributed by atoms with Gasteiger partial charge in [-0.25, -0.2) is 8.42 Å². The molecule has 0 radical (unpaired) electrons. The highest BCUT2D eigenvalue weighted by molar-refractivity contribution is 8.13. The number of rotatable bonds is 2. The minimum atomic E-state index is -3.56. The van der Waals surface area contributed by atoms with E-state index in [0.29, 0.717) is 5.56 Å². The van der Waals surface area contributed by atoms with Crippen molar-refractivity contribution >= 4 is 19.7 Å². The van der Waals surface area contributed by atoms with Crippen molar-refractivity contribution in [3.05, 3.63) is 28.8 Å². The van der Waals surface area contributed by atoms with E-state index in [4.69, 9.17) is 10.7 Å². The molecule has 0 bridgehead atoms. The number of phenols is 1. The van der Waals surface area contributed by atoms with Crippen LogP contribution in [-0.2, 0) is 14.8 Å². The fourth-order valence-electron chi connectivity index (χ4n) is 1.20. The van der Waals surface area contributed by atoms with E-state index in [1.54, 1.807) is 19.9 Å². The van der Waals surface area contributed by atoms with Crippen molar-refractivity contribution in [1.82, 2.24) is 0 Å². The summed E-state index contributed by atoms with van der Waals surface area (Å²) in [5.74, 6) is -0.163. The largest absolute Gasteiger partial charge is 0.508 e. The monoisotopic (exact) mass is 234 g/mol. The molecule has 0 aliphatic heterocycles. The van der Waals surface area contributed by atoms with Crippen LogP contribution in [0.2, 0.25) is 0 Å². The van der Waals surface area contributed by atoms with Crippen molar-refractivity contribution in [1.29, 1.82) is 0 Å². The Bertz CT molecular complexity index is 428. The van der Waals surface area contributed by atoms with Crippen LogP contribution in [0.4, 0.5) is 0 Å². The lowest BCUT2D eigenvalue weighted by molar-refractivity contribution is 0.470. The standard InChI is InChI=1S/C9H11ClO3S/c1-6-3-8(5-14(10,12)13)4-9(11)7(6)2/h3-4,11H,5H2,1-2H3. The molecule has 0 atom stereocenters. The molecule has 1 aromatic rings. The van der Waals surface area contributed by atoms with Crippen molar-refractivity contribution < 1.29 is 13.5 Å². The Hall–Kier alpha value is -0.740. The summed E-state index contributed by atoms with van der Waals surface area (Å²) < 4.78 is 21.6. The molecule has 0 saturated heterocycles. The molecule has 0 amide bonds. The van der Waals surface area contributed by atoms with Gasteiger partial charge in [0.05, 0.1) is 5.75 Å². The molecule has 0 aromatic heterocycles. The molecule has 0 fully saturated rings. The van der Waals surface area contributed by atoms with Gasteiger partial charge in [0.15, 0.2) is 0 Å². The first-order chi connectivity index (χ1) is 6.29. The summed E-state index contributed by atoms with van der Waals surface area (Å²) in [4.78, 5) is 0. The highest BCUT2D eigenvalue weighted by atomic mass is 35.7. The van der Waals surface area contributed by atoms with Crippen molar-refractivity contribution in [2.75, 3.05) is 0 Å². The topological polar surface area (TPSA) is 54.4 Å². The van der Waals surface area contributed by atoms with Gasteiger partial charge in [-0.2, -0.15) is 0 Å². The Kier molecular flexibility index (Phi) is 3.07. The predicted molar refractivity (Wildman–Crippen MR) is 56.1 cm³/mol. The molecule has 5 heteroatoms. The molecule has 1 rings (SSSR count). The second kappa shape index (κ2) is 3.79. The summed E-state index contributed by atoms with van der Waals surface area (Å²) in [6.45, 7) is 3.57. The molecule has 3 nitrogen and oxygen atoms in total. The minimum absolute atomic E-state index is 0.0975. The second-order valence-electron chi connectivity index (χ2n) is 3.24. The van der Waals surface area contributed by atoms with Gasteiger partial charge in [0.1, 0.15) is 5.75 Å². The van der Waals surface area contributed by atoms with Crippen LogP contribution in [0.1, 0.15) is 16.7 Å². The second-order valence-corrected chi connectivity index (χ2v) is 6.02. The van der Waals surface area contributed by atoms with Gasteiger partial charge in [0.2, 0.25) is 9.05 Å². The molecule has 0 aliphatic carbocycles. The lowest BCUT2D eigenvalue weighted by atomic mass is 10.1. The third-order valence-corrected chi connectivity index (χ3v) is 3.04. The Morgan fingerprint density at radius 1 is 1.36 bits per heavy atom. The predicted octanol–water partition coefficient (Wildman–Crippen LogP) is 2.08. The highest BCUT2D eigenvalue weighted by Gasteiger charge is 2.10.